The first-order chi connectivity index (χ1) is 13.2. The molecule has 0 spiro atoms. The zero-order valence-electron chi connectivity index (χ0n) is 17.4. The van der Waals surface area contributed by atoms with E-state index in [1.807, 2.05) is 0 Å². The fourth-order valence-electron chi connectivity index (χ4n) is 3.37. The first kappa shape index (κ1) is 23.8. The van der Waals surface area contributed by atoms with Gasteiger partial charge in [0.2, 0.25) is 0 Å². The molecule has 0 aromatic heterocycles. The number of Topliss-reactive ketones (excluding diaryl/α,β-unsaturated/α-hetero) is 1. The molecule has 0 aliphatic carbocycles. The summed E-state index contributed by atoms with van der Waals surface area (Å²) in [6.07, 6.45) is 17.9. The number of carbonyl (C=O) groups excluding carboxylic acids is 1. The van der Waals surface area contributed by atoms with Crippen LogP contribution in [0.25, 0.3) is 0 Å². The van der Waals surface area contributed by atoms with Crippen LogP contribution in [0.2, 0.25) is 0 Å². The standard InChI is InChI=1S/C24H40FNO/c1-2-3-4-5-6-7-8-9-10-11-12-13-20-26-21-14-15-24(27)22-16-18-23(25)19-17-22/h16-19,26H,2-15,20-21H2,1H3. The van der Waals surface area contributed by atoms with Gasteiger partial charge in [-0.2, -0.15) is 0 Å². The third-order valence-corrected chi connectivity index (χ3v) is 5.13. The average molecular weight is 378 g/mol. The monoisotopic (exact) mass is 377 g/mol. The third kappa shape index (κ3) is 13.6. The minimum atomic E-state index is -0.296. The number of hydrogen-bond donors (Lipinski definition) is 1. The van der Waals surface area contributed by atoms with E-state index in [9.17, 15) is 9.18 Å². The molecular weight excluding hydrogens is 337 g/mol. The van der Waals surface area contributed by atoms with Gasteiger partial charge in [0.05, 0.1) is 0 Å². The van der Waals surface area contributed by atoms with Gasteiger partial charge in [-0.05, 0) is 50.2 Å². The summed E-state index contributed by atoms with van der Waals surface area (Å²) < 4.78 is 12.8. The number of hydrogen-bond acceptors (Lipinski definition) is 2. The van der Waals surface area contributed by atoms with Crippen molar-refractivity contribution in [3.63, 3.8) is 0 Å². The largest absolute Gasteiger partial charge is 0.317 e. The molecule has 0 radical (unpaired) electrons. The number of rotatable bonds is 18. The SMILES string of the molecule is CCCCCCCCCCCCCCNCCCC(=O)c1ccc(F)cc1. The molecule has 0 amide bonds. The van der Waals surface area contributed by atoms with Crippen LogP contribution < -0.4 is 5.32 Å². The van der Waals surface area contributed by atoms with Gasteiger partial charge in [-0.3, -0.25) is 4.79 Å². The van der Waals surface area contributed by atoms with Crippen molar-refractivity contribution in [1.82, 2.24) is 5.32 Å². The Labute approximate surface area is 166 Å². The minimum absolute atomic E-state index is 0.0992. The molecule has 27 heavy (non-hydrogen) atoms. The summed E-state index contributed by atoms with van der Waals surface area (Å²) in [4.78, 5) is 12.0. The molecule has 3 heteroatoms. The van der Waals surface area contributed by atoms with Crippen LogP contribution in [0.3, 0.4) is 0 Å². The summed E-state index contributed by atoms with van der Waals surface area (Å²) in [6, 6.07) is 5.83. The van der Waals surface area contributed by atoms with E-state index in [4.69, 9.17) is 0 Å². The van der Waals surface area contributed by atoms with Crippen LogP contribution >= 0.6 is 0 Å². The second kappa shape index (κ2) is 16.9. The first-order valence-corrected chi connectivity index (χ1v) is 11.2. The topological polar surface area (TPSA) is 29.1 Å². The highest BCUT2D eigenvalue weighted by Gasteiger charge is 2.05. The van der Waals surface area contributed by atoms with E-state index in [-0.39, 0.29) is 11.6 Å². The van der Waals surface area contributed by atoms with Crippen LogP contribution in [0, 0.1) is 5.82 Å². The number of carbonyl (C=O) groups is 1. The van der Waals surface area contributed by atoms with E-state index < -0.39 is 0 Å². The van der Waals surface area contributed by atoms with E-state index in [2.05, 4.69) is 12.2 Å². The number of unbranched alkanes of at least 4 members (excludes halogenated alkanes) is 11. The third-order valence-electron chi connectivity index (χ3n) is 5.13. The van der Waals surface area contributed by atoms with Crippen molar-refractivity contribution in [3.8, 4) is 0 Å². The molecule has 0 fully saturated rings. The molecule has 1 N–H and O–H groups in total. The number of benzene rings is 1. The molecular formula is C24H40FNO. The molecule has 2 nitrogen and oxygen atoms in total. The molecule has 154 valence electrons. The summed E-state index contributed by atoms with van der Waals surface area (Å²) >= 11 is 0. The van der Waals surface area contributed by atoms with E-state index in [1.54, 1.807) is 12.1 Å². The van der Waals surface area contributed by atoms with Crippen molar-refractivity contribution in [2.75, 3.05) is 13.1 Å². The van der Waals surface area contributed by atoms with Gasteiger partial charge in [-0.25, -0.2) is 4.39 Å². The Morgan fingerprint density at radius 1 is 0.741 bits per heavy atom. The molecule has 0 unspecified atom stereocenters. The Balaban J connectivity index is 1.80. The Morgan fingerprint density at radius 2 is 1.22 bits per heavy atom. The van der Waals surface area contributed by atoms with Crippen molar-refractivity contribution in [2.45, 2.75) is 96.8 Å². The Bertz CT molecular complexity index is 472. The van der Waals surface area contributed by atoms with E-state index >= 15 is 0 Å². The molecule has 0 aliphatic rings. The van der Waals surface area contributed by atoms with Crippen molar-refractivity contribution in [1.29, 1.82) is 0 Å². The molecule has 0 heterocycles. The van der Waals surface area contributed by atoms with Gasteiger partial charge in [0.1, 0.15) is 5.82 Å². The maximum absolute atomic E-state index is 12.8. The molecule has 0 atom stereocenters. The summed E-state index contributed by atoms with van der Waals surface area (Å²) in [6.45, 7) is 4.19. The van der Waals surface area contributed by atoms with E-state index in [0.29, 0.717) is 12.0 Å². The highest BCUT2D eigenvalue weighted by atomic mass is 19.1. The summed E-state index contributed by atoms with van der Waals surface area (Å²) in [5, 5.41) is 3.42. The van der Waals surface area contributed by atoms with Crippen LogP contribution in [-0.4, -0.2) is 18.9 Å². The molecule has 0 bridgehead atoms. The number of nitrogens with one attached hydrogen (secondary N) is 1. The summed E-state index contributed by atoms with van der Waals surface area (Å²) in [7, 11) is 0. The molecule has 1 rings (SSSR count). The lowest BCUT2D eigenvalue weighted by molar-refractivity contribution is 0.0980. The van der Waals surface area contributed by atoms with E-state index in [1.165, 1.54) is 89.2 Å². The van der Waals surface area contributed by atoms with Gasteiger partial charge in [0.15, 0.2) is 5.78 Å². The van der Waals surface area contributed by atoms with Gasteiger partial charge in [0, 0.05) is 12.0 Å². The highest BCUT2D eigenvalue weighted by molar-refractivity contribution is 5.95. The highest BCUT2D eigenvalue weighted by Crippen LogP contribution is 2.12. The fraction of sp³-hybridized carbons (Fsp3) is 0.708. The predicted octanol–water partition coefficient (Wildman–Crippen LogP) is 7.08. The van der Waals surface area contributed by atoms with Crippen molar-refractivity contribution < 1.29 is 9.18 Å². The summed E-state index contributed by atoms with van der Waals surface area (Å²) in [5.41, 5.74) is 0.609. The second-order valence-corrected chi connectivity index (χ2v) is 7.67. The normalized spacial score (nSPS) is 11.0. The van der Waals surface area contributed by atoms with Crippen LogP contribution in [0.4, 0.5) is 4.39 Å². The second-order valence-electron chi connectivity index (χ2n) is 7.67. The van der Waals surface area contributed by atoms with Gasteiger partial charge >= 0.3 is 0 Å². The van der Waals surface area contributed by atoms with Gasteiger partial charge < -0.3 is 5.32 Å². The predicted molar refractivity (Wildman–Crippen MR) is 114 cm³/mol. The van der Waals surface area contributed by atoms with Crippen LogP contribution in [-0.2, 0) is 0 Å². The molecule has 0 saturated carbocycles. The molecule has 1 aromatic rings. The van der Waals surface area contributed by atoms with Crippen molar-refractivity contribution in [2.24, 2.45) is 0 Å². The molecule has 0 saturated heterocycles. The lowest BCUT2D eigenvalue weighted by Gasteiger charge is -2.05. The Morgan fingerprint density at radius 3 is 1.78 bits per heavy atom. The van der Waals surface area contributed by atoms with Crippen molar-refractivity contribution in [3.05, 3.63) is 35.6 Å². The first-order valence-electron chi connectivity index (χ1n) is 11.2. The average Bonchev–Trinajstić information content (AvgIpc) is 2.68. The fourth-order valence-corrected chi connectivity index (χ4v) is 3.37. The zero-order valence-corrected chi connectivity index (χ0v) is 17.4. The van der Waals surface area contributed by atoms with Gasteiger partial charge in [-0.1, -0.05) is 77.6 Å². The minimum Gasteiger partial charge on any atom is -0.317 e. The van der Waals surface area contributed by atoms with Crippen molar-refractivity contribution >= 4 is 5.78 Å². The lowest BCUT2D eigenvalue weighted by atomic mass is 10.1. The van der Waals surface area contributed by atoms with Gasteiger partial charge in [0.25, 0.3) is 0 Å². The van der Waals surface area contributed by atoms with Crippen LogP contribution in [0.1, 0.15) is 107 Å². The number of ketones is 1. The Kier molecular flexibility index (Phi) is 14.9. The van der Waals surface area contributed by atoms with Crippen LogP contribution in [0.15, 0.2) is 24.3 Å². The van der Waals surface area contributed by atoms with Crippen LogP contribution in [0.5, 0.6) is 0 Å². The zero-order chi connectivity index (χ0) is 19.6. The maximum Gasteiger partial charge on any atom is 0.162 e. The Hall–Kier alpha value is -1.22. The molecule has 1 aromatic carbocycles. The number of halogens is 1. The lowest BCUT2D eigenvalue weighted by Crippen LogP contribution is -2.17. The summed E-state index contributed by atoms with van der Waals surface area (Å²) in [5.74, 6) is -0.196. The molecule has 0 aliphatic heterocycles. The van der Waals surface area contributed by atoms with Gasteiger partial charge in [-0.15, -0.1) is 0 Å². The maximum atomic E-state index is 12.8. The quantitative estimate of drug-likeness (QED) is 0.219. The smallest absolute Gasteiger partial charge is 0.162 e. The van der Waals surface area contributed by atoms with E-state index in [0.717, 1.165) is 19.5 Å².